The topological polar surface area (TPSA) is 115 Å². The summed E-state index contributed by atoms with van der Waals surface area (Å²) < 4.78 is 6.66. The van der Waals surface area contributed by atoms with Gasteiger partial charge in [-0.05, 0) is 59.7 Å². The van der Waals surface area contributed by atoms with Crippen LogP contribution in [-0.2, 0) is 11.3 Å². The van der Waals surface area contributed by atoms with Crippen LogP contribution >= 0.6 is 11.8 Å². The molecule has 0 saturated heterocycles. The van der Waals surface area contributed by atoms with E-state index in [9.17, 15) is 9.59 Å². The molecule has 0 unspecified atom stereocenters. The van der Waals surface area contributed by atoms with Gasteiger partial charge in [-0.2, -0.15) is 4.68 Å². The number of amides is 3. The molecule has 2 heterocycles. The SMILES string of the molecule is Cc1ccc(-n2nnnc2SCC(=O)NC(=O)NCc2ccco2)cc1C. The van der Waals surface area contributed by atoms with Crippen molar-refractivity contribution in [2.24, 2.45) is 0 Å². The molecule has 0 saturated carbocycles. The molecule has 0 atom stereocenters. The lowest BCUT2D eigenvalue weighted by Crippen LogP contribution is -2.39. The summed E-state index contributed by atoms with van der Waals surface area (Å²) in [5.74, 6) is 0.144. The number of hydrogen-bond donors (Lipinski definition) is 2. The Hall–Kier alpha value is -3.14. The Kier molecular flexibility index (Phi) is 5.87. The van der Waals surface area contributed by atoms with Crippen molar-refractivity contribution >= 4 is 23.7 Å². The first kappa shape index (κ1) is 18.6. The highest BCUT2D eigenvalue weighted by Gasteiger charge is 2.14. The predicted molar refractivity (Wildman–Crippen MR) is 98.4 cm³/mol. The number of aromatic nitrogens is 4. The molecule has 3 aromatic rings. The molecule has 27 heavy (non-hydrogen) atoms. The number of nitrogens with one attached hydrogen (secondary N) is 2. The number of benzene rings is 1. The fourth-order valence-corrected chi connectivity index (χ4v) is 2.90. The number of urea groups is 1. The molecule has 3 rings (SSSR count). The van der Waals surface area contributed by atoms with Crippen LogP contribution in [0.3, 0.4) is 0 Å². The highest BCUT2D eigenvalue weighted by atomic mass is 32.2. The monoisotopic (exact) mass is 386 g/mol. The van der Waals surface area contributed by atoms with Gasteiger partial charge >= 0.3 is 6.03 Å². The van der Waals surface area contributed by atoms with Gasteiger partial charge in [0.15, 0.2) is 0 Å². The van der Waals surface area contributed by atoms with Gasteiger partial charge in [-0.1, -0.05) is 17.8 Å². The van der Waals surface area contributed by atoms with Crippen LogP contribution in [0.5, 0.6) is 0 Å². The lowest BCUT2D eigenvalue weighted by Gasteiger charge is -2.07. The zero-order valence-corrected chi connectivity index (χ0v) is 15.6. The summed E-state index contributed by atoms with van der Waals surface area (Å²) in [5.41, 5.74) is 3.09. The van der Waals surface area contributed by atoms with Crippen molar-refractivity contribution in [1.29, 1.82) is 0 Å². The van der Waals surface area contributed by atoms with E-state index in [0.29, 0.717) is 10.9 Å². The molecule has 9 nitrogen and oxygen atoms in total. The third-order valence-corrected chi connectivity index (χ3v) is 4.68. The summed E-state index contributed by atoms with van der Waals surface area (Å²) in [5, 5.41) is 16.8. The Balaban J connectivity index is 1.52. The number of imide groups is 1. The van der Waals surface area contributed by atoms with Gasteiger partial charge in [0.05, 0.1) is 24.2 Å². The number of hydrogen-bond acceptors (Lipinski definition) is 7. The fourth-order valence-electron chi connectivity index (χ4n) is 2.21. The van der Waals surface area contributed by atoms with E-state index in [4.69, 9.17) is 4.42 Å². The maximum atomic E-state index is 12.0. The minimum absolute atomic E-state index is 0.000606. The van der Waals surface area contributed by atoms with Gasteiger partial charge in [-0.3, -0.25) is 10.1 Å². The number of rotatable bonds is 6. The van der Waals surface area contributed by atoms with Crippen molar-refractivity contribution in [2.75, 3.05) is 5.75 Å². The number of tetrazole rings is 1. The molecule has 10 heteroatoms. The van der Waals surface area contributed by atoms with E-state index >= 15 is 0 Å². The summed E-state index contributed by atoms with van der Waals surface area (Å²) in [6, 6.07) is 8.71. The lowest BCUT2D eigenvalue weighted by molar-refractivity contribution is -0.117. The van der Waals surface area contributed by atoms with E-state index in [1.165, 1.54) is 11.8 Å². The van der Waals surface area contributed by atoms with Crippen LogP contribution in [0, 0.1) is 13.8 Å². The molecule has 2 aromatic heterocycles. The molecule has 140 valence electrons. The summed E-state index contributed by atoms with van der Waals surface area (Å²) >= 11 is 1.14. The van der Waals surface area contributed by atoms with Gasteiger partial charge in [-0.15, -0.1) is 5.10 Å². The van der Waals surface area contributed by atoms with Gasteiger partial charge in [-0.25, -0.2) is 4.79 Å². The van der Waals surface area contributed by atoms with E-state index in [-0.39, 0.29) is 12.3 Å². The summed E-state index contributed by atoms with van der Waals surface area (Å²) in [6.45, 7) is 4.23. The molecule has 1 aromatic carbocycles. The van der Waals surface area contributed by atoms with Gasteiger partial charge in [0.2, 0.25) is 11.1 Å². The van der Waals surface area contributed by atoms with Crippen LogP contribution in [0.25, 0.3) is 5.69 Å². The van der Waals surface area contributed by atoms with E-state index < -0.39 is 11.9 Å². The minimum Gasteiger partial charge on any atom is -0.467 e. The average Bonchev–Trinajstić information content (AvgIpc) is 3.32. The van der Waals surface area contributed by atoms with Crippen LogP contribution < -0.4 is 10.6 Å². The van der Waals surface area contributed by atoms with Crippen LogP contribution in [-0.4, -0.2) is 37.9 Å². The number of aryl methyl sites for hydroxylation is 2. The van der Waals surface area contributed by atoms with Crippen molar-refractivity contribution in [1.82, 2.24) is 30.8 Å². The van der Waals surface area contributed by atoms with Crippen molar-refractivity contribution in [3.05, 3.63) is 53.5 Å². The Morgan fingerprint density at radius 3 is 2.81 bits per heavy atom. The maximum Gasteiger partial charge on any atom is 0.321 e. The summed E-state index contributed by atoms with van der Waals surface area (Å²) in [4.78, 5) is 23.7. The first-order valence-corrected chi connectivity index (χ1v) is 9.10. The number of furan rings is 1. The molecule has 0 aliphatic carbocycles. The summed E-state index contributed by atoms with van der Waals surface area (Å²) in [7, 11) is 0. The van der Waals surface area contributed by atoms with Crippen LogP contribution in [0.15, 0.2) is 46.2 Å². The number of nitrogens with zero attached hydrogens (tertiary/aromatic N) is 4. The third kappa shape index (κ3) is 4.94. The zero-order chi connectivity index (χ0) is 19.2. The van der Waals surface area contributed by atoms with Crippen molar-refractivity contribution < 1.29 is 14.0 Å². The molecule has 2 N–H and O–H groups in total. The first-order valence-electron chi connectivity index (χ1n) is 8.12. The molecular formula is C17H18N6O3S. The van der Waals surface area contributed by atoms with Crippen molar-refractivity contribution in [3.63, 3.8) is 0 Å². The Labute approximate surface area is 159 Å². The molecule has 0 spiro atoms. The van der Waals surface area contributed by atoms with Gasteiger partial charge < -0.3 is 9.73 Å². The summed E-state index contributed by atoms with van der Waals surface area (Å²) in [6.07, 6.45) is 1.51. The van der Waals surface area contributed by atoms with E-state index in [0.717, 1.165) is 23.0 Å². The Bertz CT molecular complexity index is 938. The van der Waals surface area contributed by atoms with Crippen LogP contribution in [0.1, 0.15) is 16.9 Å². The minimum atomic E-state index is -0.592. The largest absolute Gasteiger partial charge is 0.467 e. The Morgan fingerprint density at radius 2 is 2.07 bits per heavy atom. The maximum absolute atomic E-state index is 12.0. The smallest absolute Gasteiger partial charge is 0.321 e. The first-order chi connectivity index (χ1) is 13.0. The predicted octanol–water partition coefficient (Wildman–Crippen LogP) is 1.99. The number of thioether (sulfide) groups is 1. The third-order valence-electron chi connectivity index (χ3n) is 3.76. The van der Waals surface area contributed by atoms with E-state index in [1.807, 2.05) is 32.0 Å². The molecular weight excluding hydrogens is 368 g/mol. The molecule has 3 amide bonds. The lowest BCUT2D eigenvalue weighted by atomic mass is 10.1. The molecule has 0 bridgehead atoms. The van der Waals surface area contributed by atoms with Crippen LogP contribution in [0.4, 0.5) is 4.79 Å². The number of carbonyl (C=O) groups is 2. The highest BCUT2D eigenvalue weighted by Crippen LogP contribution is 2.19. The van der Waals surface area contributed by atoms with Gasteiger partial charge in [0.1, 0.15) is 5.76 Å². The van der Waals surface area contributed by atoms with Gasteiger partial charge in [0, 0.05) is 0 Å². The average molecular weight is 386 g/mol. The molecule has 0 radical (unpaired) electrons. The normalized spacial score (nSPS) is 10.6. The van der Waals surface area contributed by atoms with Gasteiger partial charge in [0.25, 0.3) is 0 Å². The van der Waals surface area contributed by atoms with Crippen LogP contribution in [0.2, 0.25) is 0 Å². The highest BCUT2D eigenvalue weighted by molar-refractivity contribution is 7.99. The van der Waals surface area contributed by atoms with E-state index in [2.05, 4.69) is 26.2 Å². The zero-order valence-electron chi connectivity index (χ0n) is 14.8. The van der Waals surface area contributed by atoms with E-state index in [1.54, 1.807) is 16.8 Å². The van der Waals surface area contributed by atoms with Crippen molar-refractivity contribution in [3.8, 4) is 5.69 Å². The molecule has 0 aliphatic rings. The fraction of sp³-hybridized carbons (Fsp3) is 0.235. The second-order valence-electron chi connectivity index (χ2n) is 5.74. The molecule has 0 fully saturated rings. The van der Waals surface area contributed by atoms with Crippen molar-refractivity contribution in [2.45, 2.75) is 25.5 Å². The Morgan fingerprint density at radius 1 is 1.22 bits per heavy atom. The second kappa shape index (κ2) is 8.49. The standard InChI is InChI=1S/C17H18N6O3S/c1-11-5-6-13(8-12(11)2)23-17(20-21-22-23)27-10-15(24)19-16(25)18-9-14-4-3-7-26-14/h3-8H,9-10H2,1-2H3,(H2,18,19,24,25). The second-order valence-corrected chi connectivity index (χ2v) is 6.68. The number of carbonyl (C=O) groups excluding carboxylic acids is 2. The quantitative estimate of drug-likeness (QED) is 0.623. The molecule has 0 aliphatic heterocycles.